The molecule has 3 rings (SSSR count). The Balaban J connectivity index is 2.06. The van der Waals surface area contributed by atoms with Crippen molar-refractivity contribution in [1.82, 2.24) is 4.57 Å². The van der Waals surface area contributed by atoms with Gasteiger partial charge in [0.15, 0.2) is 0 Å². The Bertz CT molecular complexity index is 626. The van der Waals surface area contributed by atoms with Crippen LogP contribution in [0.15, 0.2) is 24.4 Å². The molecule has 0 N–H and O–H groups in total. The van der Waals surface area contributed by atoms with Crippen molar-refractivity contribution < 1.29 is 17.6 Å². The fourth-order valence-corrected chi connectivity index (χ4v) is 2.61. The molecule has 2 aromatic rings. The molecule has 0 aliphatic heterocycles. The number of hydrogen-bond donors (Lipinski definition) is 0. The van der Waals surface area contributed by atoms with Crippen LogP contribution in [0.2, 0.25) is 0 Å². The van der Waals surface area contributed by atoms with Gasteiger partial charge in [0.05, 0.1) is 5.52 Å². The lowest BCUT2D eigenvalue weighted by molar-refractivity contribution is -0.139. The van der Waals surface area contributed by atoms with Crippen LogP contribution in [0.5, 0.6) is 0 Å². The van der Waals surface area contributed by atoms with Gasteiger partial charge in [0, 0.05) is 11.6 Å². The average Bonchev–Trinajstić information content (AvgIpc) is 2.95. The SMILES string of the molecule is C[C@H]1C[C@@H]1c1ccc2c(F)cn(CC(F)(F)F)c2c1. The summed E-state index contributed by atoms with van der Waals surface area (Å²) in [4.78, 5) is 0. The van der Waals surface area contributed by atoms with Gasteiger partial charge >= 0.3 is 6.18 Å². The number of fused-ring (bicyclic) bond motifs is 1. The zero-order valence-electron chi connectivity index (χ0n) is 10.3. The highest BCUT2D eigenvalue weighted by molar-refractivity contribution is 5.82. The smallest absolute Gasteiger partial charge is 0.335 e. The molecule has 5 heteroatoms. The summed E-state index contributed by atoms with van der Waals surface area (Å²) in [6.07, 6.45) is -2.37. The third kappa shape index (κ3) is 2.33. The van der Waals surface area contributed by atoms with Gasteiger partial charge in [-0.15, -0.1) is 0 Å². The molecule has 1 aromatic carbocycles. The molecule has 0 unspecified atom stereocenters. The van der Waals surface area contributed by atoms with E-state index in [4.69, 9.17) is 0 Å². The van der Waals surface area contributed by atoms with Crippen LogP contribution in [0.3, 0.4) is 0 Å². The van der Waals surface area contributed by atoms with Crippen LogP contribution in [-0.2, 0) is 6.54 Å². The summed E-state index contributed by atoms with van der Waals surface area (Å²) in [6, 6.07) is 5.09. The standard InChI is InChI=1S/C14H13F4N/c1-8-4-11(8)9-2-3-10-12(15)6-19(13(10)5-9)7-14(16,17)18/h2-3,5-6,8,11H,4,7H2,1H3/t8-,11-/m0/s1. The highest BCUT2D eigenvalue weighted by atomic mass is 19.4. The van der Waals surface area contributed by atoms with E-state index in [0.29, 0.717) is 17.4 Å². The monoisotopic (exact) mass is 271 g/mol. The topological polar surface area (TPSA) is 4.93 Å². The van der Waals surface area contributed by atoms with Gasteiger partial charge in [0.25, 0.3) is 0 Å². The van der Waals surface area contributed by atoms with Crippen LogP contribution in [0.1, 0.15) is 24.8 Å². The average molecular weight is 271 g/mol. The van der Waals surface area contributed by atoms with E-state index in [1.54, 1.807) is 12.1 Å². The van der Waals surface area contributed by atoms with Crippen LogP contribution in [0.4, 0.5) is 17.6 Å². The van der Waals surface area contributed by atoms with Gasteiger partial charge in [-0.25, -0.2) is 4.39 Å². The van der Waals surface area contributed by atoms with Gasteiger partial charge in [-0.2, -0.15) is 13.2 Å². The number of alkyl halides is 3. The molecular weight excluding hydrogens is 258 g/mol. The summed E-state index contributed by atoms with van der Waals surface area (Å²) >= 11 is 0. The third-order valence-electron chi connectivity index (χ3n) is 3.74. The highest BCUT2D eigenvalue weighted by Gasteiger charge is 2.34. The van der Waals surface area contributed by atoms with E-state index in [0.717, 1.165) is 22.7 Å². The predicted molar refractivity (Wildman–Crippen MR) is 64.5 cm³/mol. The van der Waals surface area contributed by atoms with Gasteiger partial charge in [0.1, 0.15) is 12.4 Å². The number of aromatic nitrogens is 1. The lowest BCUT2D eigenvalue weighted by atomic mass is 10.1. The number of hydrogen-bond acceptors (Lipinski definition) is 0. The molecule has 0 bridgehead atoms. The van der Waals surface area contributed by atoms with Gasteiger partial charge in [-0.1, -0.05) is 13.0 Å². The maximum absolute atomic E-state index is 13.6. The van der Waals surface area contributed by atoms with Crippen LogP contribution in [-0.4, -0.2) is 10.7 Å². The number of benzene rings is 1. The zero-order valence-corrected chi connectivity index (χ0v) is 10.3. The predicted octanol–water partition coefficient (Wildman–Crippen LogP) is 4.47. The van der Waals surface area contributed by atoms with Crippen molar-refractivity contribution in [2.24, 2.45) is 5.92 Å². The lowest BCUT2D eigenvalue weighted by Gasteiger charge is -2.09. The quantitative estimate of drug-likeness (QED) is 0.710. The molecule has 0 amide bonds. The molecule has 1 saturated carbocycles. The van der Waals surface area contributed by atoms with Gasteiger partial charge in [-0.05, 0) is 36.0 Å². The first kappa shape index (κ1) is 12.5. The van der Waals surface area contributed by atoms with E-state index in [1.165, 1.54) is 0 Å². The van der Waals surface area contributed by atoms with E-state index in [2.05, 4.69) is 6.92 Å². The zero-order chi connectivity index (χ0) is 13.8. The van der Waals surface area contributed by atoms with Crippen molar-refractivity contribution in [2.75, 3.05) is 0 Å². The lowest BCUT2D eigenvalue weighted by Crippen LogP contribution is -2.16. The summed E-state index contributed by atoms with van der Waals surface area (Å²) in [5, 5.41) is 0.251. The summed E-state index contributed by atoms with van der Waals surface area (Å²) in [6.45, 7) is 0.946. The highest BCUT2D eigenvalue weighted by Crippen LogP contribution is 2.47. The molecule has 1 aliphatic carbocycles. The third-order valence-corrected chi connectivity index (χ3v) is 3.74. The Labute approximate surface area is 107 Å². The second-order valence-corrected chi connectivity index (χ2v) is 5.32. The molecule has 0 spiro atoms. The molecule has 0 radical (unpaired) electrons. The minimum Gasteiger partial charge on any atom is -0.335 e. The second-order valence-electron chi connectivity index (χ2n) is 5.32. The molecule has 1 aromatic heterocycles. The molecule has 1 nitrogen and oxygen atoms in total. The van der Waals surface area contributed by atoms with Crippen molar-refractivity contribution in [2.45, 2.75) is 32.0 Å². The Hall–Kier alpha value is -1.52. The van der Waals surface area contributed by atoms with Gasteiger partial charge < -0.3 is 4.57 Å². The summed E-state index contributed by atoms with van der Waals surface area (Å²) in [7, 11) is 0. The first-order valence-electron chi connectivity index (χ1n) is 6.20. The number of nitrogens with zero attached hydrogens (tertiary/aromatic N) is 1. The maximum atomic E-state index is 13.6. The fraction of sp³-hybridized carbons (Fsp3) is 0.429. The van der Waals surface area contributed by atoms with Crippen LogP contribution < -0.4 is 0 Å². The van der Waals surface area contributed by atoms with Crippen molar-refractivity contribution in [1.29, 1.82) is 0 Å². The van der Waals surface area contributed by atoms with E-state index in [9.17, 15) is 17.6 Å². The van der Waals surface area contributed by atoms with Crippen molar-refractivity contribution in [3.8, 4) is 0 Å². The van der Waals surface area contributed by atoms with E-state index in [1.807, 2.05) is 6.07 Å². The normalized spacial score (nSPS) is 23.0. The Morgan fingerprint density at radius 1 is 1.32 bits per heavy atom. The molecule has 1 aliphatic rings. The Morgan fingerprint density at radius 3 is 2.58 bits per heavy atom. The first-order chi connectivity index (χ1) is 8.85. The molecule has 1 heterocycles. The molecule has 2 atom stereocenters. The largest absolute Gasteiger partial charge is 0.406 e. The fourth-order valence-electron chi connectivity index (χ4n) is 2.61. The van der Waals surface area contributed by atoms with E-state index >= 15 is 0 Å². The summed E-state index contributed by atoms with van der Waals surface area (Å²) in [5.74, 6) is 0.365. The van der Waals surface area contributed by atoms with Crippen LogP contribution in [0.25, 0.3) is 10.9 Å². The van der Waals surface area contributed by atoms with Crippen molar-refractivity contribution >= 4 is 10.9 Å². The van der Waals surface area contributed by atoms with Crippen LogP contribution >= 0.6 is 0 Å². The minimum absolute atomic E-state index is 0.251. The number of rotatable bonds is 2. The maximum Gasteiger partial charge on any atom is 0.406 e. The van der Waals surface area contributed by atoms with Gasteiger partial charge in [-0.3, -0.25) is 0 Å². The molecule has 102 valence electrons. The van der Waals surface area contributed by atoms with E-state index < -0.39 is 18.5 Å². The molecule has 1 fully saturated rings. The molecule has 19 heavy (non-hydrogen) atoms. The van der Waals surface area contributed by atoms with E-state index in [-0.39, 0.29) is 5.39 Å². The van der Waals surface area contributed by atoms with Crippen molar-refractivity contribution in [3.05, 3.63) is 35.8 Å². The second kappa shape index (κ2) is 3.99. The van der Waals surface area contributed by atoms with Crippen LogP contribution in [0, 0.1) is 11.7 Å². The van der Waals surface area contributed by atoms with Gasteiger partial charge in [0.2, 0.25) is 0 Å². The first-order valence-corrected chi connectivity index (χ1v) is 6.20. The summed E-state index contributed by atoms with van der Waals surface area (Å²) < 4.78 is 52.0. The summed E-state index contributed by atoms with van der Waals surface area (Å²) in [5.41, 5.74) is 1.33. The number of halogens is 4. The van der Waals surface area contributed by atoms with Crippen molar-refractivity contribution in [3.63, 3.8) is 0 Å². The Kier molecular flexibility index (Phi) is 2.62. The Morgan fingerprint density at radius 2 is 2.00 bits per heavy atom. The minimum atomic E-state index is -4.35. The molecular formula is C14H13F4N. The molecule has 0 saturated heterocycles.